The van der Waals surface area contributed by atoms with Crippen molar-refractivity contribution in [1.29, 1.82) is 0 Å². The van der Waals surface area contributed by atoms with Crippen molar-refractivity contribution in [3.8, 4) is 0 Å². The van der Waals surface area contributed by atoms with Gasteiger partial charge in [0.2, 0.25) is 0 Å². The van der Waals surface area contributed by atoms with Crippen molar-refractivity contribution in [3.05, 3.63) is 0 Å². The van der Waals surface area contributed by atoms with E-state index in [1.165, 1.54) is 6.42 Å². The Bertz CT molecular complexity index is 531. The van der Waals surface area contributed by atoms with Crippen LogP contribution in [0.3, 0.4) is 0 Å². The van der Waals surface area contributed by atoms with Crippen LogP contribution in [0.25, 0.3) is 0 Å². The number of hydrogen-bond donors (Lipinski definition) is 0. The van der Waals surface area contributed by atoms with Gasteiger partial charge in [0.1, 0.15) is 0 Å². The normalized spacial score (nSPS) is 34.9. The minimum Gasteiger partial charge on any atom is -0.205 e. The first-order chi connectivity index (χ1) is 8.87. The lowest BCUT2D eigenvalue weighted by Crippen LogP contribution is -2.33. The molecule has 5 heteroatoms. The van der Waals surface area contributed by atoms with Crippen molar-refractivity contribution >= 4 is 23.8 Å². The van der Waals surface area contributed by atoms with E-state index < -0.39 is 18.1 Å². The van der Waals surface area contributed by atoms with E-state index in [9.17, 15) is 8.42 Å². The van der Waals surface area contributed by atoms with Crippen molar-refractivity contribution in [3.63, 3.8) is 0 Å². The molecule has 0 radical (unpaired) electrons. The zero-order valence-electron chi connectivity index (χ0n) is 13.8. The monoisotopic (exact) mass is 315 g/mol. The Hall–Kier alpha value is -0.163. The molecule has 2 atom stereocenters. The zero-order valence-corrected chi connectivity index (χ0v) is 15.6. The maximum absolute atomic E-state index is 12.3. The van der Waals surface area contributed by atoms with Crippen molar-refractivity contribution in [1.82, 2.24) is 0 Å². The van der Waals surface area contributed by atoms with Gasteiger partial charge in [-0.05, 0) is 36.6 Å². The van der Waals surface area contributed by atoms with Crippen molar-refractivity contribution < 1.29 is 8.42 Å². The molecule has 2 bridgehead atoms. The minimum atomic E-state index is -3.29. The van der Waals surface area contributed by atoms with Crippen LogP contribution in [-0.2, 0) is 10.0 Å². The molecule has 0 aromatic carbocycles. The third-order valence-corrected chi connectivity index (χ3v) is 9.20. The quantitative estimate of drug-likeness (QED) is 0.738. The fraction of sp³-hybridized carbons (Fsp3) is 0.933. The van der Waals surface area contributed by atoms with Crippen LogP contribution in [0.15, 0.2) is 4.40 Å². The van der Waals surface area contributed by atoms with E-state index >= 15 is 0 Å². The first-order valence-corrected chi connectivity index (χ1v) is 13.0. The summed E-state index contributed by atoms with van der Waals surface area (Å²) in [4.78, 5) is 0. The first-order valence-electron chi connectivity index (χ1n) is 7.69. The third-order valence-electron chi connectivity index (χ3n) is 5.87. The molecule has 0 spiro atoms. The van der Waals surface area contributed by atoms with Crippen LogP contribution < -0.4 is 0 Å². The zero-order chi connectivity index (χ0) is 15.4. The summed E-state index contributed by atoms with van der Waals surface area (Å²) in [5.74, 6) is 0.839. The maximum Gasteiger partial charge on any atom is 0.252 e. The molecule has 2 rings (SSSR count). The lowest BCUT2D eigenvalue weighted by molar-refractivity contribution is 0.194. The summed E-state index contributed by atoms with van der Waals surface area (Å²) >= 11 is 0. The van der Waals surface area contributed by atoms with Gasteiger partial charge in [-0.3, -0.25) is 0 Å². The summed E-state index contributed by atoms with van der Waals surface area (Å²) < 4.78 is 28.9. The highest BCUT2D eigenvalue weighted by Gasteiger charge is 2.60. The van der Waals surface area contributed by atoms with Crippen molar-refractivity contribution in [2.75, 3.05) is 5.75 Å². The van der Waals surface area contributed by atoms with E-state index in [2.05, 4.69) is 44.8 Å². The van der Waals surface area contributed by atoms with E-state index in [0.717, 1.165) is 24.6 Å². The SMILES string of the molecule is CC1(C)[C@@H]2CC[C@@]1(C)/C(=N/S(=O)(=O)CC[Si](C)(C)C)C2. The maximum atomic E-state index is 12.3. The molecule has 0 aromatic rings. The van der Waals surface area contributed by atoms with Gasteiger partial charge in [0.05, 0.1) is 5.75 Å². The van der Waals surface area contributed by atoms with E-state index in [1.807, 2.05) is 0 Å². The van der Waals surface area contributed by atoms with Crippen molar-refractivity contribution in [2.24, 2.45) is 21.1 Å². The van der Waals surface area contributed by atoms with Crippen LogP contribution in [0.4, 0.5) is 0 Å². The van der Waals surface area contributed by atoms with Crippen LogP contribution in [0.2, 0.25) is 25.7 Å². The van der Waals surface area contributed by atoms with Crippen LogP contribution in [-0.4, -0.2) is 28.0 Å². The number of fused-ring (bicyclic) bond motifs is 2. The molecule has 2 saturated carbocycles. The topological polar surface area (TPSA) is 46.5 Å². The molecule has 0 aliphatic heterocycles. The van der Waals surface area contributed by atoms with Gasteiger partial charge in [0.25, 0.3) is 10.0 Å². The molecular formula is C15H29NO2SSi. The van der Waals surface area contributed by atoms with Gasteiger partial charge in [-0.15, -0.1) is 0 Å². The van der Waals surface area contributed by atoms with Crippen molar-refractivity contribution in [2.45, 2.75) is 65.7 Å². The number of hydrogen-bond acceptors (Lipinski definition) is 2. The van der Waals surface area contributed by atoms with Gasteiger partial charge in [-0.25, -0.2) is 8.42 Å². The van der Waals surface area contributed by atoms with Gasteiger partial charge in [0, 0.05) is 19.2 Å². The Morgan fingerprint density at radius 1 is 1.25 bits per heavy atom. The predicted octanol–water partition coefficient (Wildman–Crippen LogP) is 3.94. The fourth-order valence-corrected chi connectivity index (χ4v) is 7.90. The Balaban J connectivity index is 2.21. The molecule has 2 aliphatic carbocycles. The highest BCUT2D eigenvalue weighted by molar-refractivity contribution is 7.90. The molecule has 0 heterocycles. The first kappa shape index (κ1) is 16.2. The Morgan fingerprint density at radius 2 is 1.85 bits per heavy atom. The lowest BCUT2D eigenvalue weighted by Gasteiger charge is -2.34. The van der Waals surface area contributed by atoms with Gasteiger partial charge in [0.15, 0.2) is 0 Å². The van der Waals surface area contributed by atoms with Gasteiger partial charge in [-0.1, -0.05) is 40.4 Å². The molecule has 0 unspecified atom stereocenters. The van der Waals surface area contributed by atoms with E-state index in [-0.39, 0.29) is 16.6 Å². The number of rotatable bonds is 4. The molecule has 3 nitrogen and oxygen atoms in total. The summed E-state index contributed by atoms with van der Waals surface area (Å²) in [6, 6.07) is 0.801. The number of sulfonamides is 1. The standard InChI is InChI=1S/C15H29NO2SSi/c1-14(2)12-7-8-15(14,3)13(11-12)16-19(17,18)9-10-20(4,5)6/h12H,7-11H2,1-6H3/b16-13+/t12-,15+/m1/s1. The average molecular weight is 316 g/mol. The van der Waals surface area contributed by atoms with Crippen LogP contribution in [0.5, 0.6) is 0 Å². The summed E-state index contributed by atoms with van der Waals surface area (Å²) in [6.07, 6.45) is 3.19. The largest absolute Gasteiger partial charge is 0.252 e. The predicted molar refractivity (Wildman–Crippen MR) is 88.6 cm³/mol. The van der Waals surface area contributed by atoms with Crippen LogP contribution in [0.1, 0.15) is 40.0 Å². The highest BCUT2D eigenvalue weighted by Crippen LogP contribution is 2.64. The highest BCUT2D eigenvalue weighted by atomic mass is 32.2. The third kappa shape index (κ3) is 2.76. The van der Waals surface area contributed by atoms with Gasteiger partial charge >= 0.3 is 0 Å². The van der Waals surface area contributed by atoms with Gasteiger partial charge < -0.3 is 0 Å². The molecule has 0 N–H and O–H groups in total. The lowest BCUT2D eigenvalue weighted by atomic mass is 9.70. The molecule has 0 saturated heterocycles. The Morgan fingerprint density at radius 3 is 2.25 bits per heavy atom. The fourth-order valence-electron chi connectivity index (χ4n) is 3.72. The summed E-state index contributed by atoms with van der Waals surface area (Å²) in [5, 5.41) is 0. The molecule has 2 aliphatic rings. The molecule has 20 heavy (non-hydrogen) atoms. The summed E-state index contributed by atoms with van der Waals surface area (Å²) in [7, 11) is -4.62. The van der Waals surface area contributed by atoms with Crippen LogP contribution in [0, 0.1) is 16.7 Å². The second kappa shape index (κ2) is 4.67. The van der Waals surface area contributed by atoms with Gasteiger partial charge in [-0.2, -0.15) is 4.40 Å². The van der Waals surface area contributed by atoms with Crippen LogP contribution >= 0.6 is 0 Å². The Kier molecular flexibility index (Phi) is 3.78. The minimum absolute atomic E-state index is 0.0100. The average Bonchev–Trinajstić information content (AvgIpc) is 2.58. The van der Waals surface area contributed by atoms with E-state index in [1.54, 1.807) is 0 Å². The smallest absolute Gasteiger partial charge is 0.205 e. The van der Waals surface area contributed by atoms with E-state index in [0.29, 0.717) is 5.92 Å². The molecule has 2 fully saturated rings. The molecule has 116 valence electrons. The molecular weight excluding hydrogens is 286 g/mol. The Labute approximate surface area is 125 Å². The summed E-state index contributed by atoms with van der Waals surface area (Å²) in [6.45, 7) is 13.4. The molecule has 0 aromatic heterocycles. The van der Waals surface area contributed by atoms with E-state index in [4.69, 9.17) is 0 Å². The summed E-state index contributed by atoms with van der Waals surface area (Å²) in [5.41, 5.74) is 1.14. The molecule has 0 amide bonds. The second-order valence-corrected chi connectivity index (χ2v) is 16.0. The second-order valence-electron chi connectivity index (χ2n) is 8.63. The number of nitrogens with zero attached hydrogens (tertiary/aromatic N) is 1.